The first-order valence-corrected chi connectivity index (χ1v) is 7.33. The fraction of sp³-hybridized carbons (Fsp3) is 0.462. The van der Waals surface area contributed by atoms with E-state index in [-0.39, 0.29) is 11.3 Å². The van der Waals surface area contributed by atoms with Crippen LogP contribution in [0.1, 0.15) is 31.1 Å². The average Bonchev–Trinajstić information content (AvgIpc) is 2.26. The maximum absolute atomic E-state index is 13.5. The highest BCUT2D eigenvalue weighted by Crippen LogP contribution is 2.21. The Labute approximate surface area is 112 Å². The van der Waals surface area contributed by atoms with Crippen LogP contribution in [-0.2, 0) is 9.84 Å². The molecule has 0 unspecified atom stereocenters. The molecule has 1 rings (SSSR count). The smallest absolute Gasteiger partial charge is 0.177 e. The van der Waals surface area contributed by atoms with Gasteiger partial charge in [0.25, 0.3) is 0 Å². The summed E-state index contributed by atoms with van der Waals surface area (Å²) in [5, 5.41) is 0. The molecule has 0 saturated heterocycles. The van der Waals surface area contributed by atoms with Gasteiger partial charge in [-0.1, -0.05) is 0 Å². The summed E-state index contributed by atoms with van der Waals surface area (Å²) in [7, 11) is -2.27. The number of carbonyl (C=O) groups is 1. The summed E-state index contributed by atoms with van der Waals surface area (Å²) in [5.41, 5.74) is 0.0196. The second kappa shape index (κ2) is 5.28. The first-order valence-electron chi connectivity index (χ1n) is 5.67. The van der Waals surface area contributed by atoms with Gasteiger partial charge < -0.3 is 4.74 Å². The molecule has 0 amide bonds. The Balaban J connectivity index is 3.00. The molecule has 0 saturated carbocycles. The highest BCUT2D eigenvalue weighted by atomic mass is 32.2. The topological polar surface area (TPSA) is 60.4 Å². The molecule has 0 N–H and O–H groups in total. The normalized spacial score (nSPS) is 12.3. The van der Waals surface area contributed by atoms with E-state index in [2.05, 4.69) is 0 Å². The summed E-state index contributed by atoms with van der Waals surface area (Å²) in [6.45, 7) is 4.55. The zero-order chi connectivity index (χ0) is 14.8. The lowest BCUT2D eigenvalue weighted by molar-refractivity contribution is 0.102. The van der Waals surface area contributed by atoms with Crippen molar-refractivity contribution in [3.63, 3.8) is 0 Å². The van der Waals surface area contributed by atoms with E-state index in [1.54, 1.807) is 0 Å². The first-order chi connectivity index (χ1) is 8.58. The van der Waals surface area contributed by atoms with Crippen molar-refractivity contribution >= 4 is 15.6 Å². The average molecular weight is 288 g/mol. The van der Waals surface area contributed by atoms with E-state index in [1.165, 1.54) is 40.0 Å². The molecule has 1 aromatic rings. The number of carbonyl (C=O) groups excluding carboxylic acids is 1. The largest absolute Gasteiger partial charge is 0.494 e. The van der Waals surface area contributed by atoms with Crippen LogP contribution in [-0.4, -0.2) is 31.8 Å². The van der Waals surface area contributed by atoms with Gasteiger partial charge in [0.15, 0.2) is 27.2 Å². The van der Waals surface area contributed by atoms with Gasteiger partial charge in [-0.25, -0.2) is 12.8 Å². The second-order valence-electron chi connectivity index (χ2n) is 5.14. The van der Waals surface area contributed by atoms with E-state index in [1.807, 2.05) is 0 Å². The molecule has 106 valence electrons. The van der Waals surface area contributed by atoms with Crippen molar-refractivity contribution in [1.29, 1.82) is 0 Å². The van der Waals surface area contributed by atoms with Gasteiger partial charge in [-0.3, -0.25) is 4.79 Å². The van der Waals surface area contributed by atoms with Crippen LogP contribution < -0.4 is 4.74 Å². The standard InChI is InChI=1S/C13H17FO4S/c1-13(2,3)19(16,17)8-11(15)9-5-6-12(18-4)10(14)7-9/h5-7H,8H2,1-4H3. The van der Waals surface area contributed by atoms with Gasteiger partial charge >= 0.3 is 0 Å². The fourth-order valence-electron chi connectivity index (χ4n) is 1.31. The van der Waals surface area contributed by atoms with Crippen LogP contribution in [0.2, 0.25) is 0 Å². The molecule has 1 aromatic carbocycles. The summed E-state index contributed by atoms with van der Waals surface area (Å²) in [4.78, 5) is 11.9. The summed E-state index contributed by atoms with van der Waals surface area (Å²) >= 11 is 0. The Kier molecular flexibility index (Phi) is 4.35. The summed E-state index contributed by atoms with van der Waals surface area (Å²) < 4.78 is 41.0. The highest BCUT2D eigenvalue weighted by molar-refractivity contribution is 7.93. The molecule has 6 heteroatoms. The van der Waals surface area contributed by atoms with Crippen molar-refractivity contribution in [3.05, 3.63) is 29.6 Å². The number of hydrogen-bond donors (Lipinski definition) is 0. The predicted octanol–water partition coefficient (Wildman–Crippen LogP) is 2.23. The van der Waals surface area contributed by atoms with Crippen molar-refractivity contribution in [3.8, 4) is 5.75 Å². The van der Waals surface area contributed by atoms with Crippen molar-refractivity contribution in [2.45, 2.75) is 25.5 Å². The van der Waals surface area contributed by atoms with Crippen LogP contribution in [0.15, 0.2) is 18.2 Å². The lowest BCUT2D eigenvalue weighted by Crippen LogP contribution is -2.33. The molecule has 0 bridgehead atoms. The van der Waals surface area contributed by atoms with Gasteiger partial charge in [-0.2, -0.15) is 0 Å². The minimum Gasteiger partial charge on any atom is -0.494 e. The molecule has 0 radical (unpaired) electrons. The number of hydrogen-bond acceptors (Lipinski definition) is 4. The quantitative estimate of drug-likeness (QED) is 0.797. The Hall–Kier alpha value is -1.43. The van der Waals surface area contributed by atoms with Crippen LogP contribution in [0.25, 0.3) is 0 Å². The van der Waals surface area contributed by atoms with Gasteiger partial charge in [-0.15, -0.1) is 0 Å². The zero-order valence-electron chi connectivity index (χ0n) is 11.4. The number of halogens is 1. The van der Waals surface area contributed by atoms with Crippen molar-refractivity contribution in [1.82, 2.24) is 0 Å². The summed E-state index contributed by atoms with van der Waals surface area (Å²) in [6.07, 6.45) is 0. The number of ether oxygens (including phenoxy) is 1. The summed E-state index contributed by atoms with van der Waals surface area (Å²) in [6, 6.07) is 3.63. The molecular weight excluding hydrogens is 271 g/mol. The van der Waals surface area contributed by atoms with Crippen LogP contribution in [0.4, 0.5) is 4.39 Å². The number of Topliss-reactive ketones (excluding diaryl/α,β-unsaturated/α-hetero) is 1. The third-order valence-corrected chi connectivity index (χ3v) is 5.24. The third kappa shape index (κ3) is 3.53. The Morgan fingerprint density at radius 2 is 1.89 bits per heavy atom. The van der Waals surface area contributed by atoms with Crippen molar-refractivity contribution < 1.29 is 22.3 Å². The van der Waals surface area contributed by atoms with Crippen LogP contribution in [0.5, 0.6) is 5.75 Å². The second-order valence-corrected chi connectivity index (χ2v) is 7.89. The van der Waals surface area contributed by atoms with Gasteiger partial charge in [-0.05, 0) is 39.0 Å². The van der Waals surface area contributed by atoms with Crippen molar-refractivity contribution in [2.24, 2.45) is 0 Å². The van der Waals surface area contributed by atoms with E-state index < -0.39 is 31.9 Å². The predicted molar refractivity (Wildman–Crippen MR) is 70.8 cm³/mol. The maximum atomic E-state index is 13.5. The molecule has 0 aromatic heterocycles. The highest BCUT2D eigenvalue weighted by Gasteiger charge is 2.31. The van der Waals surface area contributed by atoms with Gasteiger partial charge in [0.2, 0.25) is 0 Å². The van der Waals surface area contributed by atoms with E-state index in [4.69, 9.17) is 4.74 Å². The monoisotopic (exact) mass is 288 g/mol. The fourth-order valence-corrected chi connectivity index (χ4v) is 2.26. The van der Waals surface area contributed by atoms with E-state index in [9.17, 15) is 17.6 Å². The van der Waals surface area contributed by atoms with Crippen LogP contribution in [0.3, 0.4) is 0 Å². The van der Waals surface area contributed by atoms with Gasteiger partial charge in [0.1, 0.15) is 5.75 Å². The molecule has 0 aliphatic heterocycles. The number of sulfone groups is 1. The molecule has 0 aliphatic rings. The number of ketones is 1. The number of rotatable bonds is 4. The van der Waals surface area contributed by atoms with E-state index in [0.29, 0.717) is 0 Å². The SMILES string of the molecule is COc1ccc(C(=O)CS(=O)(=O)C(C)(C)C)cc1F. The van der Waals surface area contributed by atoms with E-state index in [0.717, 1.165) is 6.07 Å². The third-order valence-electron chi connectivity index (χ3n) is 2.73. The molecular formula is C13H17FO4S. The minimum atomic E-state index is -3.58. The Bertz CT molecular complexity index is 585. The van der Waals surface area contributed by atoms with Crippen LogP contribution in [0, 0.1) is 5.82 Å². The molecule has 0 atom stereocenters. The lowest BCUT2D eigenvalue weighted by Gasteiger charge is -2.18. The first kappa shape index (κ1) is 15.6. The maximum Gasteiger partial charge on any atom is 0.177 e. The Morgan fingerprint density at radius 3 is 2.32 bits per heavy atom. The van der Waals surface area contributed by atoms with Gasteiger partial charge in [0.05, 0.1) is 11.9 Å². The van der Waals surface area contributed by atoms with Crippen LogP contribution >= 0.6 is 0 Å². The minimum absolute atomic E-state index is 0.00947. The molecule has 19 heavy (non-hydrogen) atoms. The molecule has 0 spiro atoms. The molecule has 4 nitrogen and oxygen atoms in total. The van der Waals surface area contributed by atoms with Gasteiger partial charge in [0, 0.05) is 5.56 Å². The zero-order valence-corrected chi connectivity index (χ0v) is 12.2. The van der Waals surface area contributed by atoms with E-state index >= 15 is 0 Å². The molecule has 0 aliphatic carbocycles. The number of benzene rings is 1. The van der Waals surface area contributed by atoms with Crippen molar-refractivity contribution in [2.75, 3.05) is 12.9 Å². The summed E-state index contributed by atoms with van der Waals surface area (Å²) in [5.74, 6) is -1.95. The Morgan fingerprint density at radius 1 is 1.32 bits per heavy atom. The molecule has 0 fully saturated rings. The number of methoxy groups -OCH3 is 1. The molecule has 0 heterocycles. The lowest BCUT2D eigenvalue weighted by atomic mass is 10.1.